The van der Waals surface area contributed by atoms with Crippen molar-refractivity contribution in [1.82, 2.24) is 29.5 Å². The Kier molecular flexibility index (Phi) is 4.65. The van der Waals surface area contributed by atoms with Gasteiger partial charge >= 0.3 is 0 Å². The Balaban J connectivity index is 1.33. The van der Waals surface area contributed by atoms with Gasteiger partial charge in [0, 0.05) is 60.5 Å². The van der Waals surface area contributed by atoms with E-state index < -0.39 is 0 Å². The highest BCUT2D eigenvalue weighted by Gasteiger charge is 2.27. The van der Waals surface area contributed by atoms with Crippen molar-refractivity contribution in [2.45, 2.75) is 18.9 Å². The van der Waals surface area contributed by atoms with Crippen molar-refractivity contribution in [3.05, 3.63) is 72.6 Å². The van der Waals surface area contributed by atoms with E-state index in [9.17, 15) is 0 Å². The predicted octanol–water partition coefficient (Wildman–Crippen LogP) is 3.18. The molecule has 0 bridgehead atoms. The highest BCUT2D eigenvalue weighted by atomic mass is 16.5. The Hall–Kier alpha value is -3.32. The molecule has 0 amide bonds. The lowest BCUT2D eigenvalue weighted by Crippen LogP contribution is -2.20. The smallest absolute Gasteiger partial charge is 0.217 e. The van der Waals surface area contributed by atoms with Crippen molar-refractivity contribution in [2.75, 3.05) is 20.2 Å². The van der Waals surface area contributed by atoms with E-state index >= 15 is 0 Å². The molecule has 1 atom stereocenters. The molecule has 1 aliphatic rings. The summed E-state index contributed by atoms with van der Waals surface area (Å²) in [6.07, 6.45) is 8.48. The number of ether oxygens (including phenoxy) is 1. The molecule has 1 unspecified atom stereocenters. The van der Waals surface area contributed by atoms with Crippen molar-refractivity contribution in [3.63, 3.8) is 0 Å². The SMILES string of the molecule is COc1ncccc1CN1CCC(c2nc3ccc(-c4cccnc4)cn3n2)C1. The van der Waals surface area contributed by atoms with E-state index in [0.29, 0.717) is 11.8 Å². The quantitative estimate of drug-likeness (QED) is 0.525. The normalized spacial score (nSPS) is 17.1. The lowest BCUT2D eigenvalue weighted by Gasteiger charge is -2.16. The molecule has 7 nitrogen and oxygen atoms in total. The fraction of sp³-hybridized carbons (Fsp3) is 0.273. The molecule has 29 heavy (non-hydrogen) atoms. The summed E-state index contributed by atoms with van der Waals surface area (Å²) >= 11 is 0. The van der Waals surface area contributed by atoms with Crippen molar-refractivity contribution in [3.8, 4) is 17.0 Å². The summed E-state index contributed by atoms with van der Waals surface area (Å²) in [5.41, 5.74) is 4.14. The van der Waals surface area contributed by atoms with Gasteiger partial charge in [-0.15, -0.1) is 0 Å². The second kappa shape index (κ2) is 7.60. The van der Waals surface area contributed by atoms with E-state index in [4.69, 9.17) is 14.8 Å². The minimum atomic E-state index is 0.333. The predicted molar refractivity (Wildman–Crippen MR) is 110 cm³/mol. The maximum absolute atomic E-state index is 5.38. The fourth-order valence-electron chi connectivity index (χ4n) is 3.93. The zero-order chi connectivity index (χ0) is 19.6. The second-order valence-corrected chi connectivity index (χ2v) is 7.32. The van der Waals surface area contributed by atoms with Crippen LogP contribution in [0, 0.1) is 0 Å². The molecular weight excluding hydrogens is 364 g/mol. The molecule has 0 N–H and O–H groups in total. The molecule has 1 saturated heterocycles. The molecule has 0 spiro atoms. The van der Waals surface area contributed by atoms with Gasteiger partial charge in [-0.05, 0) is 37.2 Å². The number of aromatic nitrogens is 5. The topological polar surface area (TPSA) is 68.4 Å². The molecule has 146 valence electrons. The Morgan fingerprint density at radius 3 is 2.90 bits per heavy atom. The maximum Gasteiger partial charge on any atom is 0.217 e. The fourth-order valence-corrected chi connectivity index (χ4v) is 3.93. The van der Waals surface area contributed by atoms with Crippen LogP contribution < -0.4 is 4.74 Å². The Labute approximate surface area is 169 Å². The third-order valence-corrected chi connectivity index (χ3v) is 5.42. The van der Waals surface area contributed by atoms with Gasteiger partial charge in [0.2, 0.25) is 5.88 Å². The van der Waals surface area contributed by atoms with Crippen LogP contribution in [0.4, 0.5) is 0 Å². The van der Waals surface area contributed by atoms with E-state index in [1.54, 1.807) is 19.5 Å². The Morgan fingerprint density at radius 1 is 1.10 bits per heavy atom. The standard InChI is InChI=1S/C22H22N6O/c1-29-22-19(5-3-10-24-22)14-27-11-8-18(13-27)21-25-20-7-6-17(15-28(20)26-21)16-4-2-9-23-12-16/h2-7,9-10,12,15,18H,8,11,13-14H2,1H3. The van der Waals surface area contributed by atoms with Crippen LogP contribution in [-0.4, -0.2) is 49.7 Å². The number of hydrogen-bond donors (Lipinski definition) is 0. The largest absolute Gasteiger partial charge is 0.481 e. The van der Waals surface area contributed by atoms with Gasteiger partial charge < -0.3 is 4.74 Å². The van der Waals surface area contributed by atoms with Crippen LogP contribution in [-0.2, 0) is 6.54 Å². The average Bonchev–Trinajstić information content (AvgIpc) is 3.41. The van der Waals surface area contributed by atoms with Gasteiger partial charge in [0.05, 0.1) is 7.11 Å². The van der Waals surface area contributed by atoms with Crippen LogP contribution in [0.1, 0.15) is 23.7 Å². The molecule has 0 aliphatic carbocycles. The molecule has 0 aromatic carbocycles. The molecule has 5 rings (SSSR count). The van der Waals surface area contributed by atoms with Crippen molar-refractivity contribution in [1.29, 1.82) is 0 Å². The summed E-state index contributed by atoms with van der Waals surface area (Å²) in [5.74, 6) is 1.94. The van der Waals surface area contributed by atoms with Gasteiger partial charge in [0.15, 0.2) is 11.5 Å². The lowest BCUT2D eigenvalue weighted by molar-refractivity contribution is 0.313. The van der Waals surface area contributed by atoms with Gasteiger partial charge in [-0.25, -0.2) is 14.5 Å². The third kappa shape index (κ3) is 3.56. The van der Waals surface area contributed by atoms with Crippen LogP contribution in [0.15, 0.2) is 61.2 Å². The maximum atomic E-state index is 5.38. The first-order chi connectivity index (χ1) is 14.3. The molecular formula is C22H22N6O. The van der Waals surface area contributed by atoms with Crippen LogP contribution in [0.5, 0.6) is 5.88 Å². The number of likely N-dealkylation sites (tertiary alicyclic amines) is 1. The van der Waals surface area contributed by atoms with Crippen LogP contribution in [0.25, 0.3) is 16.8 Å². The molecule has 4 aromatic heterocycles. The first-order valence-electron chi connectivity index (χ1n) is 9.77. The summed E-state index contributed by atoms with van der Waals surface area (Å²) < 4.78 is 7.26. The van der Waals surface area contributed by atoms with Crippen molar-refractivity contribution < 1.29 is 4.74 Å². The van der Waals surface area contributed by atoms with Gasteiger partial charge in [0.1, 0.15) is 0 Å². The molecule has 5 heterocycles. The zero-order valence-corrected chi connectivity index (χ0v) is 16.3. The summed E-state index contributed by atoms with van der Waals surface area (Å²) in [6.45, 7) is 2.77. The van der Waals surface area contributed by atoms with Crippen LogP contribution in [0.3, 0.4) is 0 Å². The number of hydrogen-bond acceptors (Lipinski definition) is 6. The summed E-state index contributed by atoms with van der Waals surface area (Å²) in [5, 5.41) is 4.78. The summed E-state index contributed by atoms with van der Waals surface area (Å²) in [6, 6.07) is 12.1. The second-order valence-electron chi connectivity index (χ2n) is 7.32. The number of fused-ring (bicyclic) bond motifs is 1. The first-order valence-corrected chi connectivity index (χ1v) is 9.77. The first kappa shape index (κ1) is 17.8. The zero-order valence-electron chi connectivity index (χ0n) is 16.3. The minimum Gasteiger partial charge on any atom is -0.481 e. The molecule has 4 aromatic rings. The van der Waals surface area contributed by atoms with Gasteiger partial charge in [0.25, 0.3) is 0 Å². The van der Waals surface area contributed by atoms with E-state index in [1.165, 1.54) is 0 Å². The van der Waals surface area contributed by atoms with E-state index in [-0.39, 0.29) is 0 Å². The van der Waals surface area contributed by atoms with E-state index in [2.05, 4.69) is 27.0 Å². The molecule has 1 aliphatic heterocycles. The monoisotopic (exact) mass is 386 g/mol. The van der Waals surface area contributed by atoms with Gasteiger partial charge in [-0.3, -0.25) is 9.88 Å². The molecule has 0 saturated carbocycles. The molecule has 0 radical (unpaired) electrons. The van der Waals surface area contributed by atoms with Crippen molar-refractivity contribution >= 4 is 5.65 Å². The summed E-state index contributed by atoms with van der Waals surface area (Å²) in [4.78, 5) is 15.7. The Bertz CT molecular complexity index is 1130. The molecule has 1 fully saturated rings. The lowest BCUT2D eigenvalue weighted by atomic mass is 10.1. The van der Waals surface area contributed by atoms with E-state index in [1.807, 2.05) is 41.2 Å². The molecule has 7 heteroatoms. The van der Waals surface area contributed by atoms with Gasteiger partial charge in [-0.1, -0.05) is 12.1 Å². The third-order valence-electron chi connectivity index (χ3n) is 5.42. The van der Waals surface area contributed by atoms with E-state index in [0.717, 1.165) is 54.2 Å². The van der Waals surface area contributed by atoms with Crippen molar-refractivity contribution in [2.24, 2.45) is 0 Å². The minimum absolute atomic E-state index is 0.333. The number of pyridine rings is 3. The van der Waals surface area contributed by atoms with Crippen LogP contribution >= 0.6 is 0 Å². The highest BCUT2D eigenvalue weighted by molar-refractivity contribution is 5.63. The Morgan fingerprint density at radius 2 is 2.03 bits per heavy atom. The van der Waals surface area contributed by atoms with Gasteiger partial charge in [-0.2, -0.15) is 5.10 Å². The number of methoxy groups -OCH3 is 1. The summed E-state index contributed by atoms with van der Waals surface area (Å²) in [7, 11) is 1.67. The number of nitrogens with zero attached hydrogens (tertiary/aromatic N) is 6. The average molecular weight is 386 g/mol. The number of rotatable bonds is 5. The highest BCUT2D eigenvalue weighted by Crippen LogP contribution is 2.28. The van der Waals surface area contributed by atoms with Crippen LogP contribution in [0.2, 0.25) is 0 Å².